The van der Waals surface area contributed by atoms with Crippen LogP contribution in [-0.4, -0.2) is 176 Å². The van der Waals surface area contributed by atoms with Crippen molar-refractivity contribution in [2.75, 3.05) is 46.5 Å². The molecular weight excluding hydrogens is 1120 g/mol. The molecule has 3 fully saturated rings. The number of aliphatic hydroxyl groups is 2. The van der Waals surface area contributed by atoms with Crippen molar-refractivity contribution in [3.8, 4) is 0 Å². The van der Waals surface area contributed by atoms with Gasteiger partial charge in [0, 0.05) is 58.5 Å². The lowest BCUT2D eigenvalue weighted by Gasteiger charge is -2.42. The number of ether oxygens (including phenoxy) is 7. The lowest BCUT2D eigenvalue weighted by molar-refractivity contribution is -0.265. The second-order valence-electron chi connectivity index (χ2n) is 22.7. The molecule has 2 saturated heterocycles. The van der Waals surface area contributed by atoms with Crippen molar-refractivity contribution in [3.63, 3.8) is 0 Å². The van der Waals surface area contributed by atoms with Gasteiger partial charge in [-0.1, -0.05) is 71.1 Å². The van der Waals surface area contributed by atoms with Crippen LogP contribution in [0, 0.1) is 35.5 Å². The van der Waals surface area contributed by atoms with E-state index in [0.717, 1.165) is 10.5 Å². The molecule has 1 saturated carbocycles. The number of cyclic esters (lactones) is 1. The van der Waals surface area contributed by atoms with Gasteiger partial charge in [-0.3, -0.25) is 33.5 Å². The van der Waals surface area contributed by atoms with Crippen molar-refractivity contribution in [1.29, 1.82) is 0 Å². The third-order valence-corrected chi connectivity index (χ3v) is 26.1. The number of rotatable bonds is 13. The minimum Gasteiger partial charge on any atom is -0.460 e. The highest BCUT2D eigenvalue weighted by atomic mass is 32.1. The fraction of sp³-hybridized carbons (Fsp3) is 0.745. The van der Waals surface area contributed by atoms with Gasteiger partial charge in [-0.25, -0.2) is 19.0 Å². The van der Waals surface area contributed by atoms with Crippen molar-refractivity contribution >= 4 is 57.4 Å². The van der Waals surface area contributed by atoms with E-state index >= 15 is 0 Å². The van der Waals surface area contributed by atoms with E-state index in [4.69, 9.17) is 33.2 Å². The second-order valence-corrected chi connectivity index (χ2v) is 32.2. The van der Waals surface area contributed by atoms with Crippen molar-refractivity contribution in [3.05, 3.63) is 47.6 Å². The lowest BCUT2D eigenvalue weighted by Crippen LogP contribution is -2.61. The van der Waals surface area contributed by atoms with Crippen LogP contribution in [-0.2, 0) is 66.3 Å². The summed E-state index contributed by atoms with van der Waals surface area (Å²) < 4.78 is 63.5. The quantitative estimate of drug-likeness (QED) is 0.0448. The van der Waals surface area contributed by atoms with E-state index in [1.165, 1.54) is 27.4 Å². The van der Waals surface area contributed by atoms with Gasteiger partial charge in [0.2, 0.25) is 5.79 Å². The highest BCUT2D eigenvalue weighted by molar-refractivity contribution is 8.36. The molecular formula is C55H89NO22P3+. The average molecular weight is 1210 g/mol. The fourth-order valence-electron chi connectivity index (χ4n) is 11.2. The molecule has 16 atom stereocenters. The van der Waals surface area contributed by atoms with Crippen molar-refractivity contribution < 1.29 is 106 Å². The summed E-state index contributed by atoms with van der Waals surface area (Å²) in [6, 6.07) is -1.27. The number of aliphatic hydroxyl groups excluding tert-OH is 1. The molecule has 1 aliphatic carbocycles. The molecule has 0 aromatic heterocycles. The van der Waals surface area contributed by atoms with E-state index in [2.05, 4.69) is 0 Å². The first-order valence-corrected chi connectivity index (χ1v) is 34.0. The number of carbonyl (C=O) groups excluding carboxylic acids is 6. The van der Waals surface area contributed by atoms with Gasteiger partial charge in [-0.2, -0.15) is 0 Å². The van der Waals surface area contributed by atoms with E-state index < -0.39 is 143 Å². The van der Waals surface area contributed by atoms with Gasteiger partial charge in [0.1, 0.15) is 49.0 Å². The van der Waals surface area contributed by atoms with Crippen LogP contribution in [0.15, 0.2) is 47.6 Å². The summed E-state index contributed by atoms with van der Waals surface area (Å²) in [5.74, 6) is -10.8. The predicted molar refractivity (Wildman–Crippen MR) is 298 cm³/mol. The number of methoxy groups -OCH3 is 3. The third-order valence-electron chi connectivity index (χ3n) is 16.3. The van der Waals surface area contributed by atoms with Crippen LogP contribution < -0.4 is 0 Å². The van der Waals surface area contributed by atoms with E-state index in [-0.39, 0.29) is 55.6 Å². The topological polar surface area (TPSA) is 346 Å². The fourth-order valence-corrected chi connectivity index (χ4v) is 19.5. The van der Waals surface area contributed by atoms with Gasteiger partial charge < -0.3 is 58.1 Å². The SMILES string of the molecule is CO[C@H]1C[C@@H]2CC[C@@H](C)[C@@](O)(O2)C(=O)C(=O)N2CCCC[C@H]2C(=O)O[C@H]([C@H](C)C[C@H]2CC[C@@H](OC(=O)OCC[P+](O)(CP(=O)(O)O)P(=O)(O)O)[C@H](OC)C2)CC(=O)[C@H](C)/C=C(\C)[C@@H](O)[C@@H](OC)C(=O)[C@H](C)C[C@H](C)\C=C/C=C/C=C/1C. The second kappa shape index (κ2) is 31.1. The lowest BCUT2D eigenvalue weighted by atomic mass is 9.78. The number of fused-ring (bicyclic) bond motifs is 3. The van der Waals surface area contributed by atoms with Crippen LogP contribution in [0.2, 0.25) is 0 Å². The normalized spacial score (nSPS) is 35.9. The van der Waals surface area contributed by atoms with Crippen LogP contribution in [0.1, 0.15) is 126 Å². The van der Waals surface area contributed by atoms with Gasteiger partial charge >= 0.3 is 27.0 Å². The molecule has 7 N–H and O–H groups in total. The molecule has 81 heavy (non-hydrogen) atoms. The first kappa shape index (κ1) is 70.1. The summed E-state index contributed by atoms with van der Waals surface area (Å²) in [6.45, 7) is 11.4. The molecule has 1 unspecified atom stereocenters. The number of allylic oxidation sites excluding steroid dienone is 6. The molecule has 0 aromatic rings. The average Bonchev–Trinajstić information content (AvgIpc) is 3.56. The molecule has 4 aliphatic rings. The Labute approximate surface area is 476 Å². The number of hydrogen-bond donors (Lipinski definition) is 7. The van der Waals surface area contributed by atoms with Gasteiger partial charge in [-0.05, 0) is 107 Å². The van der Waals surface area contributed by atoms with Crippen molar-refractivity contribution in [2.45, 2.75) is 180 Å². The third kappa shape index (κ3) is 19.9. The Morgan fingerprint density at radius 1 is 0.864 bits per heavy atom. The largest absolute Gasteiger partial charge is 0.508 e. The van der Waals surface area contributed by atoms with Gasteiger partial charge in [0.05, 0.1) is 18.3 Å². The number of esters is 1. The summed E-state index contributed by atoms with van der Waals surface area (Å²) in [5, 5.41) is 23.6. The van der Waals surface area contributed by atoms with Crippen LogP contribution in [0.4, 0.5) is 4.79 Å². The molecule has 0 aromatic carbocycles. The van der Waals surface area contributed by atoms with Crippen molar-refractivity contribution in [1.82, 2.24) is 4.90 Å². The maximum absolute atomic E-state index is 14.6. The monoisotopic (exact) mass is 1210 g/mol. The maximum atomic E-state index is 14.6. The zero-order valence-corrected chi connectivity index (χ0v) is 51.1. The van der Waals surface area contributed by atoms with Crippen LogP contribution in [0.5, 0.6) is 0 Å². The molecule has 4 rings (SSSR count). The molecule has 3 heterocycles. The summed E-state index contributed by atoms with van der Waals surface area (Å²) in [4.78, 5) is 134. The van der Waals surface area contributed by atoms with E-state index in [0.29, 0.717) is 56.9 Å². The minimum absolute atomic E-state index is 0.00716. The molecule has 0 spiro atoms. The highest BCUT2D eigenvalue weighted by Crippen LogP contribution is 2.86. The number of Topliss-reactive ketones (excluding diaryl/α,β-unsaturated/α-hetero) is 3. The molecule has 1 amide bonds. The zero-order chi connectivity index (χ0) is 60.8. The van der Waals surface area contributed by atoms with Gasteiger partial charge in [0.25, 0.3) is 18.9 Å². The first-order chi connectivity index (χ1) is 37.8. The Morgan fingerprint density at radius 3 is 2.19 bits per heavy atom. The van der Waals surface area contributed by atoms with Gasteiger partial charge in [-0.15, -0.1) is 0 Å². The minimum atomic E-state index is -5.40. The Balaban J connectivity index is 1.63. The summed E-state index contributed by atoms with van der Waals surface area (Å²) >= 11 is 0. The molecule has 26 heteroatoms. The standard InChI is InChI=1S/C55H88NO22P3/c1-33-16-12-11-13-17-34(2)45(72-8)30-41-21-19-39(7)55(64,78-41)51(60)52(61)56-23-15-14-18-42(56)53(62)76-46(31-43(57)35(3)27-38(6)49(59)50(74-10)48(58)37(5)26-33)36(4)28-40-20-22-44(47(29-40)73-9)77-54(63)75-24-25-79(65,81(69,70)71)32-80(66,67)68/h11-13,16-17,27,33,35-37,39-42,44-47,49-50,59,64-65H,14-15,18-26,28-32H2,1-10H3,(H3-,66,67,68,69,70,71)/p+1/b13-11+,16-12-,34-17+,38-27+/t33-,35-,36-,37-,39-,40-,41+,42+,44-,45+,46+,47-,49-,50+,55-,79?/m1/s1. The molecule has 0 radical (unpaired) electrons. The predicted octanol–water partition coefficient (Wildman–Crippen LogP) is 6.49. The molecule has 3 aliphatic heterocycles. The Bertz CT molecular complexity index is 2400. The molecule has 2 bridgehead atoms. The Hall–Kier alpha value is -3.37. The number of nitrogens with zero attached hydrogens (tertiary/aromatic N) is 1. The summed E-state index contributed by atoms with van der Waals surface area (Å²) in [5.41, 5.74) is 1.13. The Kier molecular flexibility index (Phi) is 27.0. The smallest absolute Gasteiger partial charge is 0.460 e. The number of ketones is 3. The van der Waals surface area contributed by atoms with Crippen molar-refractivity contribution in [2.24, 2.45) is 35.5 Å². The zero-order valence-electron chi connectivity index (χ0n) is 48.4. The summed E-state index contributed by atoms with van der Waals surface area (Å²) in [7, 11) is -10.8. The first-order valence-electron chi connectivity index (χ1n) is 27.8. The number of hydrogen-bond acceptors (Lipinski definition) is 18. The number of carbonyl (C=O) groups is 6. The van der Waals surface area contributed by atoms with E-state index in [1.54, 1.807) is 34.6 Å². The molecule has 460 valence electrons. The number of amides is 1. The van der Waals surface area contributed by atoms with Crippen LogP contribution in [0.25, 0.3) is 0 Å². The number of piperidine rings is 1. The molecule has 23 nitrogen and oxygen atoms in total. The van der Waals surface area contributed by atoms with Crippen LogP contribution >= 0.6 is 22.1 Å². The van der Waals surface area contributed by atoms with E-state index in [9.17, 15) is 72.6 Å². The van der Waals surface area contributed by atoms with Gasteiger partial charge in [0.15, 0.2) is 11.7 Å². The van der Waals surface area contributed by atoms with E-state index in [1.807, 2.05) is 44.2 Å². The van der Waals surface area contributed by atoms with Crippen LogP contribution in [0.3, 0.4) is 0 Å². The maximum Gasteiger partial charge on any atom is 0.508 e. The highest BCUT2D eigenvalue weighted by Gasteiger charge is 2.59. The Morgan fingerprint density at radius 2 is 1.56 bits per heavy atom. The summed E-state index contributed by atoms with van der Waals surface area (Å²) in [6.07, 6.45) is 5.72.